The van der Waals surface area contributed by atoms with Gasteiger partial charge in [-0.15, -0.1) is 0 Å². The molecular formula is C12H15FN2O3. The topological polar surface area (TPSA) is 81.4 Å². The van der Waals surface area contributed by atoms with E-state index in [1.165, 1.54) is 24.3 Å². The van der Waals surface area contributed by atoms with Gasteiger partial charge >= 0.3 is 0 Å². The highest BCUT2D eigenvalue weighted by Crippen LogP contribution is 2.11. The largest absolute Gasteiger partial charge is 0.494 e. The van der Waals surface area contributed by atoms with Crippen LogP contribution in [0.3, 0.4) is 0 Å². The van der Waals surface area contributed by atoms with Crippen molar-refractivity contribution < 1.29 is 18.7 Å². The van der Waals surface area contributed by atoms with Crippen molar-refractivity contribution in [3.05, 3.63) is 30.1 Å². The molecule has 0 fully saturated rings. The van der Waals surface area contributed by atoms with E-state index in [0.717, 1.165) is 0 Å². The number of halogens is 1. The Morgan fingerprint density at radius 1 is 1.28 bits per heavy atom. The fourth-order valence-electron chi connectivity index (χ4n) is 1.23. The van der Waals surface area contributed by atoms with Gasteiger partial charge in [-0.1, -0.05) is 0 Å². The summed E-state index contributed by atoms with van der Waals surface area (Å²) in [5.41, 5.74) is 4.87. The quantitative estimate of drug-likeness (QED) is 0.698. The van der Waals surface area contributed by atoms with Crippen LogP contribution in [-0.2, 0) is 9.59 Å². The van der Waals surface area contributed by atoms with Crippen LogP contribution in [0, 0.1) is 5.82 Å². The lowest BCUT2D eigenvalue weighted by molar-refractivity contribution is -0.124. The van der Waals surface area contributed by atoms with Crippen LogP contribution in [0.1, 0.15) is 12.8 Å². The second-order valence-electron chi connectivity index (χ2n) is 3.65. The van der Waals surface area contributed by atoms with E-state index in [9.17, 15) is 14.0 Å². The summed E-state index contributed by atoms with van der Waals surface area (Å²) in [6.07, 6.45) is 0.746. The Morgan fingerprint density at radius 2 is 1.94 bits per heavy atom. The van der Waals surface area contributed by atoms with E-state index in [-0.39, 0.29) is 24.7 Å². The number of amides is 2. The fourth-order valence-corrected chi connectivity index (χ4v) is 1.23. The van der Waals surface area contributed by atoms with E-state index in [1.54, 1.807) is 0 Å². The van der Waals surface area contributed by atoms with E-state index in [1.807, 2.05) is 0 Å². The SMILES string of the molecule is NC(=O)CNC(=O)CCCOc1ccc(F)cc1. The summed E-state index contributed by atoms with van der Waals surface area (Å²) in [6.45, 7) is 0.188. The van der Waals surface area contributed by atoms with Gasteiger partial charge in [0.05, 0.1) is 13.2 Å². The average molecular weight is 254 g/mol. The minimum Gasteiger partial charge on any atom is -0.494 e. The van der Waals surface area contributed by atoms with Crippen LogP contribution in [-0.4, -0.2) is 25.0 Å². The standard InChI is InChI=1S/C12H15FN2O3/c13-9-3-5-10(6-4-9)18-7-1-2-12(17)15-8-11(14)16/h3-6H,1-2,7-8H2,(H2,14,16)(H,15,17). The molecule has 98 valence electrons. The zero-order valence-corrected chi connectivity index (χ0v) is 9.82. The minimum absolute atomic E-state index is 0.155. The maximum atomic E-state index is 12.6. The Labute approximate surface area is 104 Å². The van der Waals surface area contributed by atoms with Crippen LogP contribution in [0.5, 0.6) is 5.75 Å². The van der Waals surface area contributed by atoms with Crippen molar-refractivity contribution in [1.29, 1.82) is 0 Å². The molecule has 0 spiro atoms. The number of nitrogens with one attached hydrogen (secondary N) is 1. The summed E-state index contributed by atoms with van der Waals surface area (Å²) in [6, 6.07) is 5.63. The minimum atomic E-state index is -0.578. The highest BCUT2D eigenvalue weighted by atomic mass is 19.1. The third kappa shape index (κ3) is 5.83. The van der Waals surface area contributed by atoms with E-state index in [4.69, 9.17) is 10.5 Å². The second-order valence-corrected chi connectivity index (χ2v) is 3.65. The first kappa shape index (κ1) is 14.0. The average Bonchev–Trinajstić information content (AvgIpc) is 2.34. The van der Waals surface area contributed by atoms with Gasteiger partial charge in [0.25, 0.3) is 0 Å². The molecule has 1 aromatic carbocycles. The van der Waals surface area contributed by atoms with Crippen molar-refractivity contribution in [2.24, 2.45) is 5.73 Å². The molecule has 0 saturated carbocycles. The van der Waals surface area contributed by atoms with Gasteiger partial charge in [-0.2, -0.15) is 0 Å². The van der Waals surface area contributed by atoms with E-state index >= 15 is 0 Å². The van der Waals surface area contributed by atoms with Gasteiger partial charge in [0.1, 0.15) is 11.6 Å². The van der Waals surface area contributed by atoms with Crippen LogP contribution >= 0.6 is 0 Å². The highest BCUT2D eigenvalue weighted by Gasteiger charge is 2.02. The van der Waals surface area contributed by atoms with E-state index in [0.29, 0.717) is 18.8 Å². The third-order valence-electron chi connectivity index (χ3n) is 2.09. The zero-order chi connectivity index (χ0) is 13.4. The molecule has 0 aliphatic heterocycles. The van der Waals surface area contributed by atoms with Gasteiger partial charge in [-0.3, -0.25) is 9.59 Å². The van der Waals surface area contributed by atoms with Gasteiger partial charge in [-0.05, 0) is 30.7 Å². The Bertz CT molecular complexity index is 406. The zero-order valence-electron chi connectivity index (χ0n) is 9.82. The summed E-state index contributed by atoms with van der Waals surface area (Å²) in [5, 5.41) is 2.37. The molecule has 3 N–H and O–H groups in total. The summed E-state index contributed by atoms with van der Waals surface area (Å²) in [4.78, 5) is 21.6. The molecule has 1 rings (SSSR count). The first-order chi connectivity index (χ1) is 8.58. The molecule has 0 aliphatic rings. The van der Waals surface area contributed by atoms with Crippen molar-refractivity contribution >= 4 is 11.8 Å². The van der Waals surface area contributed by atoms with Crippen molar-refractivity contribution in [2.75, 3.05) is 13.2 Å². The number of ether oxygens (including phenoxy) is 1. The lowest BCUT2D eigenvalue weighted by atomic mass is 10.3. The molecule has 5 nitrogen and oxygen atoms in total. The van der Waals surface area contributed by atoms with E-state index in [2.05, 4.69) is 5.32 Å². The molecule has 2 amide bonds. The molecule has 6 heteroatoms. The third-order valence-corrected chi connectivity index (χ3v) is 2.09. The van der Waals surface area contributed by atoms with Crippen molar-refractivity contribution in [3.8, 4) is 5.75 Å². The normalized spacial score (nSPS) is 9.83. The summed E-state index contributed by atoms with van der Waals surface area (Å²) in [5.74, 6) is -0.607. The van der Waals surface area contributed by atoms with Crippen LogP contribution < -0.4 is 15.8 Å². The number of primary amides is 1. The van der Waals surface area contributed by atoms with Gasteiger partial charge in [0, 0.05) is 6.42 Å². The number of carbonyl (C=O) groups excluding carboxylic acids is 2. The van der Waals surface area contributed by atoms with Crippen molar-refractivity contribution in [1.82, 2.24) is 5.32 Å². The molecule has 0 unspecified atom stereocenters. The molecule has 0 aliphatic carbocycles. The highest BCUT2D eigenvalue weighted by molar-refractivity contribution is 5.83. The van der Waals surface area contributed by atoms with Gasteiger partial charge < -0.3 is 15.8 Å². The molecule has 1 aromatic rings. The number of rotatable bonds is 7. The number of hydrogen-bond acceptors (Lipinski definition) is 3. The first-order valence-corrected chi connectivity index (χ1v) is 5.51. The maximum absolute atomic E-state index is 12.6. The molecule has 0 aromatic heterocycles. The number of nitrogens with two attached hydrogens (primary N) is 1. The Hall–Kier alpha value is -2.11. The van der Waals surface area contributed by atoms with Gasteiger partial charge in [0.15, 0.2) is 0 Å². The van der Waals surface area contributed by atoms with Gasteiger partial charge in [0.2, 0.25) is 11.8 Å². The second kappa shape index (κ2) is 7.26. The number of benzene rings is 1. The predicted molar refractivity (Wildman–Crippen MR) is 63.3 cm³/mol. The van der Waals surface area contributed by atoms with Crippen LogP contribution in [0.4, 0.5) is 4.39 Å². The van der Waals surface area contributed by atoms with Crippen molar-refractivity contribution in [2.45, 2.75) is 12.8 Å². The van der Waals surface area contributed by atoms with Crippen LogP contribution in [0.25, 0.3) is 0 Å². The Balaban J connectivity index is 2.13. The summed E-state index contributed by atoms with van der Waals surface area (Å²) < 4.78 is 17.9. The van der Waals surface area contributed by atoms with Crippen LogP contribution in [0.15, 0.2) is 24.3 Å². The summed E-state index contributed by atoms with van der Waals surface area (Å²) in [7, 11) is 0. The monoisotopic (exact) mass is 254 g/mol. The van der Waals surface area contributed by atoms with Crippen LogP contribution in [0.2, 0.25) is 0 Å². The maximum Gasteiger partial charge on any atom is 0.236 e. The molecule has 0 bridgehead atoms. The molecule has 0 radical (unpaired) electrons. The molecule has 18 heavy (non-hydrogen) atoms. The Morgan fingerprint density at radius 3 is 2.56 bits per heavy atom. The lowest BCUT2D eigenvalue weighted by Gasteiger charge is -2.06. The smallest absolute Gasteiger partial charge is 0.236 e. The Kier molecular flexibility index (Phi) is 5.63. The molecular weight excluding hydrogens is 239 g/mol. The van der Waals surface area contributed by atoms with E-state index < -0.39 is 5.91 Å². The first-order valence-electron chi connectivity index (χ1n) is 5.51. The van der Waals surface area contributed by atoms with Crippen molar-refractivity contribution in [3.63, 3.8) is 0 Å². The lowest BCUT2D eigenvalue weighted by Crippen LogP contribution is -2.33. The predicted octanol–water partition coefficient (Wildman–Crippen LogP) is 0.586. The number of hydrogen-bond donors (Lipinski definition) is 2. The fraction of sp³-hybridized carbons (Fsp3) is 0.333. The molecule has 0 saturated heterocycles. The molecule has 0 atom stereocenters. The molecule has 0 heterocycles. The number of carbonyl (C=O) groups is 2. The summed E-state index contributed by atoms with van der Waals surface area (Å²) >= 11 is 0. The van der Waals surface area contributed by atoms with Gasteiger partial charge in [-0.25, -0.2) is 4.39 Å².